The highest BCUT2D eigenvalue weighted by atomic mass is 35.5. The Kier molecular flexibility index (Phi) is 4.50. The Balaban J connectivity index is 1.16. The minimum absolute atomic E-state index is 0.0202. The fraction of sp³-hybridized carbons (Fsp3) is 0.360. The van der Waals surface area contributed by atoms with E-state index < -0.39 is 0 Å². The predicted molar refractivity (Wildman–Crippen MR) is 125 cm³/mol. The monoisotopic (exact) mass is 462 g/mol. The summed E-state index contributed by atoms with van der Waals surface area (Å²) in [5, 5.41) is 5.18. The van der Waals surface area contributed by atoms with Crippen molar-refractivity contribution in [3.8, 4) is 28.3 Å². The molecule has 1 N–H and O–H groups in total. The number of H-pyrrole nitrogens is 1. The second-order valence-electron chi connectivity index (χ2n) is 8.95. The number of nitrogens with one attached hydrogen (secondary N) is 1. The van der Waals surface area contributed by atoms with Gasteiger partial charge in [-0.3, -0.25) is 4.68 Å². The van der Waals surface area contributed by atoms with Gasteiger partial charge < -0.3 is 19.2 Å². The van der Waals surface area contributed by atoms with Gasteiger partial charge in [0.2, 0.25) is 0 Å². The van der Waals surface area contributed by atoms with Crippen LogP contribution in [0.25, 0.3) is 33.3 Å². The lowest BCUT2D eigenvalue weighted by Crippen LogP contribution is -2.32. The van der Waals surface area contributed by atoms with E-state index in [0.717, 1.165) is 48.2 Å². The smallest absolute Gasteiger partial charge is 0.295 e. The SMILES string of the molecule is Clc1cc2[nH]c(OC3CO[C@@H]4CCO[C@H]34)nc2cc1-c1ccc(-c2cnn3c2CCC3)cc1. The number of imidazole rings is 1. The molecule has 3 atom stereocenters. The van der Waals surface area contributed by atoms with E-state index in [1.54, 1.807) is 0 Å². The molecule has 3 aliphatic rings. The van der Waals surface area contributed by atoms with Crippen LogP contribution in [0.2, 0.25) is 5.02 Å². The van der Waals surface area contributed by atoms with E-state index >= 15 is 0 Å². The van der Waals surface area contributed by atoms with Crippen molar-refractivity contribution in [2.24, 2.45) is 0 Å². The highest BCUT2D eigenvalue weighted by Gasteiger charge is 2.43. The van der Waals surface area contributed by atoms with Gasteiger partial charge in [0.25, 0.3) is 6.01 Å². The van der Waals surface area contributed by atoms with Crippen LogP contribution in [0.15, 0.2) is 42.6 Å². The highest BCUT2D eigenvalue weighted by Crippen LogP contribution is 2.35. The van der Waals surface area contributed by atoms with Crippen LogP contribution in [0.4, 0.5) is 0 Å². The number of halogens is 1. The van der Waals surface area contributed by atoms with E-state index in [-0.39, 0.29) is 18.3 Å². The molecule has 0 saturated carbocycles. The minimum Gasteiger partial charge on any atom is -0.456 e. The summed E-state index contributed by atoms with van der Waals surface area (Å²) in [7, 11) is 0. The van der Waals surface area contributed by atoms with Crippen LogP contribution in [0, 0.1) is 0 Å². The first-order chi connectivity index (χ1) is 16.2. The van der Waals surface area contributed by atoms with Gasteiger partial charge in [0.15, 0.2) is 6.10 Å². The molecule has 4 aromatic rings. The lowest BCUT2D eigenvalue weighted by Gasteiger charge is -2.15. The Morgan fingerprint density at radius 3 is 2.82 bits per heavy atom. The van der Waals surface area contributed by atoms with Gasteiger partial charge in [0.1, 0.15) is 6.10 Å². The van der Waals surface area contributed by atoms with E-state index in [9.17, 15) is 0 Å². The Bertz CT molecular complexity index is 1350. The molecular weight excluding hydrogens is 440 g/mol. The van der Waals surface area contributed by atoms with Gasteiger partial charge in [-0.15, -0.1) is 0 Å². The van der Waals surface area contributed by atoms with Crippen LogP contribution in [0.3, 0.4) is 0 Å². The Hall–Kier alpha value is -2.87. The maximum absolute atomic E-state index is 6.66. The number of nitrogens with zero attached hydrogens (tertiary/aromatic N) is 3. The first kappa shape index (κ1) is 19.6. The molecule has 2 fully saturated rings. The molecule has 168 valence electrons. The van der Waals surface area contributed by atoms with Crippen LogP contribution in [-0.4, -0.2) is 51.3 Å². The summed E-state index contributed by atoms with van der Waals surface area (Å²) in [5.74, 6) is 0. The van der Waals surface area contributed by atoms with E-state index in [2.05, 4.69) is 44.0 Å². The van der Waals surface area contributed by atoms with Gasteiger partial charge >= 0.3 is 0 Å². The highest BCUT2D eigenvalue weighted by molar-refractivity contribution is 6.34. The lowest BCUT2D eigenvalue weighted by atomic mass is 9.99. The number of aromatic amines is 1. The number of hydrogen-bond donors (Lipinski definition) is 1. The van der Waals surface area contributed by atoms with Gasteiger partial charge in [-0.2, -0.15) is 10.1 Å². The second kappa shape index (κ2) is 7.58. The molecule has 2 saturated heterocycles. The standard InChI is InChI=1S/C25H23ClN4O3/c26-18-11-20-19(28-25(29-20)33-23-13-32-22-7-9-31-24(22)23)10-16(18)14-3-5-15(6-4-14)17-12-27-30-8-1-2-21(17)30/h3-6,10-12,22-24H,1-2,7-9,13H2,(H,28,29)/t22-,23?,24+/m1/s1. The number of rotatable bonds is 4. The Labute approximate surface area is 195 Å². The summed E-state index contributed by atoms with van der Waals surface area (Å²) in [5.41, 5.74) is 7.37. The zero-order valence-electron chi connectivity index (χ0n) is 18.0. The summed E-state index contributed by atoms with van der Waals surface area (Å²) < 4.78 is 19.7. The van der Waals surface area contributed by atoms with Gasteiger partial charge in [-0.05, 0) is 42.5 Å². The zero-order chi connectivity index (χ0) is 21.9. The molecule has 0 aliphatic carbocycles. The van der Waals surface area contributed by atoms with Crippen molar-refractivity contribution in [1.82, 2.24) is 19.7 Å². The topological polar surface area (TPSA) is 74.2 Å². The summed E-state index contributed by atoms with van der Waals surface area (Å²) in [4.78, 5) is 7.89. The van der Waals surface area contributed by atoms with Gasteiger partial charge in [-0.25, -0.2) is 0 Å². The van der Waals surface area contributed by atoms with E-state index in [0.29, 0.717) is 17.6 Å². The molecule has 0 spiro atoms. The normalized spacial score (nSPS) is 23.8. The molecule has 2 aromatic heterocycles. The molecule has 0 radical (unpaired) electrons. The fourth-order valence-electron chi connectivity index (χ4n) is 5.29. The number of benzene rings is 2. The number of hydrogen-bond acceptors (Lipinski definition) is 5. The van der Waals surface area contributed by atoms with E-state index in [1.165, 1.54) is 23.2 Å². The molecule has 33 heavy (non-hydrogen) atoms. The lowest BCUT2D eigenvalue weighted by molar-refractivity contribution is 0.0273. The number of ether oxygens (including phenoxy) is 3. The quantitative estimate of drug-likeness (QED) is 0.478. The summed E-state index contributed by atoms with van der Waals surface area (Å²) in [6.45, 7) is 2.25. The molecular formula is C25H23ClN4O3. The van der Waals surface area contributed by atoms with Crippen LogP contribution in [0.1, 0.15) is 18.5 Å². The average molecular weight is 463 g/mol. The molecule has 7 nitrogen and oxygen atoms in total. The van der Waals surface area contributed by atoms with Gasteiger partial charge in [0, 0.05) is 30.0 Å². The molecule has 0 bridgehead atoms. The maximum atomic E-state index is 6.66. The van der Waals surface area contributed by atoms with Crippen molar-refractivity contribution < 1.29 is 14.2 Å². The Morgan fingerprint density at radius 1 is 1.09 bits per heavy atom. The first-order valence-electron chi connectivity index (χ1n) is 11.5. The third-order valence-electron chi connectivity index (χ3n) is 6.97. The van der Waals surface area contributed by atoms with Gasteiger partial charge in [0.05, 0.1) is 35.0 Å². The zero-order valence-corrected chi connectivity index (χ0v) is 18.7. The Morgan fingerprint density at radius 2 is 1.94 bits per heavy atom. The number of aromatic nitrogens is 4. The molecule has 7 rings (SSSR count). The summed E-state index contributed by atoms with van der Waals surface area (Å²) in [6, 6.07) is 12.9. The van der Waals surface area contributed by atoms with Crippen LogP contribution in [0.5, 0.6) is 6.01 Å². The van der Waals surface area contributed by atoms with Crippen LogP contribution in [-0.2, 0) is 22.4 Å². The summed E-state index contributed by atoms with van der Waals surface area (Å²) in [6.07, 6.45) is 5.12. The van der Waals surface area contributed by atoms with E-state index in [4.69, 9.17) is 25.8 Å². The molecule has 8 heteroatoms. The molecule has 5 heterocycles. The first-order valence-corrected chi connectivity index (χ1v) is 11.9. The second-order valence-corrected chi connectivity index (χ2v) is 9.36. The van der Waals surface area contributed by atoms with Crippen LogP contribution < -0.4 is 4.74 Å². The van der Waals surface area contributed by atoms with Crippen molar-refractivity contribution in [3.05, 3.63) is 53.3 Å². The fourth-order valence-corrected chi connectivity index (χ4v) is 5.57. The third-order valence-corrected chi connectivity index (χ3v) is 7.28. The molecule has 0 amide bonds. The number of aryl methyl sites for hydroxylation is 1. The third kappa shape index (κ3) is 3.26. The maximum Gasteiger partial charge on any atom is 0.295 e. The van der Waals surface area contributed by atoms with Crippen molar-refractivity contribution in [3.63, 3.8) is 0 Å². The molecule has 3 aliphatic heterocycles. The minimum atomic E-state index is -0.147. The molecule has 2 aromatic carbocycles. The van der Waals surface area contributed by atoms with Gasteiger partial charge in [-0.1, -0.05) is 35.9 Å². The van der Waals surface area contributed by atoms with Crippen molar-refractivity contribution >= 4 is 22.6 Å². The average Bonchev–Trinajstić information content (AvgIpc) is 3.61. The van der Waals surface area contributed by atoms with E-state index in [1.807, 2.05) is 18.3 Å². The van der Waals surface area contributed by atoms with Crippen molar-refractivity contribution in [2.45, 2.75) is 44.1 Å². The largest absolute Gasteiger partial charge is 0.456 e. The summed E-state index contributed by atoms with van der Waals surface area (Å²) >= 11 is 6.66. The van der Waals surface area contributed by atoms with Crippen LogP contribution >= 0.6 is 11.6 Å². The predicted octanol–water partition coefficient (Wildman–Crippen LogP) is 4.63. The number of fused-ring (bicyclic) bond motifs is 3. The van der Waals surface area contributed by atoms with Crippen molar-refractivity contribution in [1.29, 1.82) is 0 Å². The molecule has 1 unspecified atom stereocenters. The van der Waals surface area contributed by atoms with Crippen molar-refractivity contribution in [2.75, 3.05) is 13.2 Å².